The molecule has 0 unspecified atom stereocenters. The molecule has 9 heteroatoms. The lowest BCUT2D eigenvalue weighted by Gasteiger charge is -2.08. The summed E-state index contributed by atoms with van der Waals surface area (Å²) in [4.78, 5) is 26.4. The van der Waals surface area contributed by atoms with Crippen LogP contribution in [0.2, 0.25) is 0 Å². The Bertz CT molecular complexity index is 930. The van der Waals surface area contributed by atoms with E-state index in [9.17, 15) is 0 Å². The minimum absolute atomic E-state index is 0.593. The molecule has 0 fully saturated rings. The zero-order valence-corrected chi connectivity index (χ0v) is 18.3. The molecule has 27 heavy (non-hydrogen) atoms. The summed E-state index contributed by atoms with van der Waals surface area (Å²) in [6.07, 6.45) is 10.3. The van der Waals surface area contributed by atoms with Crippen LogP contribution in [-0.2, 0) is 0 Å². The van der Waals surface area contributed by atoms with E-state index in [0.29, 0.717) is 17.5 Å². The van der Waals surface area contributed by atoms with Crippen LogP contribution < -0.4 is 0 Å². The van der Waals surface area contributed by atoms with Crippen molar-refractivity contribution in [1.82, 2.24) is 29.9 Å². The lowest BCUT2D eigenvalue weighted by Crippen LogP contribution is -1.95. The Kier molecular flexibility index (Phi) is 5.33. The van der Waals surface area contributed by atoms with Crippen molar-refractivity contribution in [3.8, 4) is 34.2 Å². The number of nitrogens with zero attached hydrogens (tertiary/aromatic N) is 6. The Morgan fingerprint density at radius 2 is 0.630 bits per heavy atom. The first-order valence-electron chi connectivity index (χ1n) is 7.67. The Hall–Kier alpha value is -2.10. The van der Waals surface area contributed by atoms with Crippen molar-refractivity contribution in [2.45, 2.75) is 0 Å². The third-order valence-corrected chi connectivity index (χ3v) is 4.80. The molecule has 0 radical (unpaired) electrons. The Labute approximate surface area is 180 Å². The summed E-state index contributed by atoms with van der Waals surface area (Å²) in [6, 6.07) is 5.86. The third-order valence-electron chi connectivity index (χ3n) is 3.57. The van der Waals surface area contributed by atoms with Crippen LogP contribution in [0.4, 0.5) is 0 Å². The fourth-order valence-corrected chi connectivity index (χ4v) is 3.01. The van der Waals surface area contributed by atoms with Gasteiger partial charge in [-0.25, -0.2) is 29.9 Å². The molecule has 0 saturated heterocycles. The molecule has 0 aliphatic rings. The van der Waals surface area contributed by atoms with E-state index in [1.165, 1.54) is 0 Å². The SMILES string of the molecule is Brc1cnc(-c2cc(-c3ncc(Br)cn3)cc(-c3ncc(Br)cn3)c2)nc1. The predicted molar refractivity (Wildman–Crippen MR) is 113 cm³/mol. The van der Waals surface area contributed by atoms with Crippen LogP contribution in [0.1, 0.15) is 0 Å². The average molecular weight is 549 g/mol. The first-order valence-corrected chi connectivity index (χ1v) is 10.1. The van der Waals surface area contributed by atoms with Gasteiger partial charge in [-0.3, -0.25) is 0 Å². The normalized spacial score (nSPS) is 10.8. The topological polar surface area (TPSA) is 77.3 Å². The zero-order valence-electron chi connectivity index (χ0n) is 13.5. The van der Waals surface area contributed by atoms with E-state index in [2.05, 4.69) is 77.7 Å². The Morgan fingerprint density at radius 1 is 0.407 bits per heavy atom. The van der Waals surface area contributed by atoms with E-state index in [1.807, 2.05) is 18.2 Å². The van der Waals surface area contributed by atoms with Gasteiger partial charge in [0.15, 0.2) is 17.5 Å². The maximum Gasteiger partial charge on any atom is 0.159 e. The highest BCUT2D eigenvalue weighted by atomic mass is 79.9. The summed E-state index contributed by atoms with van der Waals surface area (Å²) in [5, 5.41) is 0. The molecule has 0 saturated carbocycles. The lowest BCUT2D eigenvalue weighted by molar-refractivity contribution is 1.14. The molecule has 0 aliphatic carbocycles. The summed E-state index contributed by atoms with van der Waals surface area (Å²) in [5.41, 5.74) is 2.48. The van der Waals surface area contributed by atoms with Crippen LogP contribution in [0.25, 0.3) is 34.2 Å². The number of rotatable bonds is 3. The fourth-order valence-electron chi connectivity index (χ4n) is 2.40. The number of benzene rings is 1. The molecule has 3 aromatic heterocycles. The molecule has 0 atom stereocenters. The molecule has 0 N–H and O–H groups in total. The molecule has 0 aliphatic heterocycles. The van der Waals surface area contributed by atoms with E-state index in [-0.39, 0.29) is 0 Å². The van der Waals surface area contributed by atoms with Gasteiger partial charge in [0, 0.05) is 53.9 Å². The van der Waals surface area contributed by atoms with Crippen molar-refractivity contribution in [3.05, 3.63) is 68.8 Å². The maximum atomic E-state index is 4.39. The van der Waals surface area contributed by atoms with Crippen LogP contribution in [-0.4, -0.2) is 29.9 Å². The van der Waals surface area contributed by atoms with Gasteiger partial charge in [-0.05, 0) is 66.0 Å². The van der Waals surface area contributed by atoms with Gasteiger partial charge in [-0.15, -0.1) is 0 Å². The predicted octanol–water partition coefficient (Wildman–Crippen LogP) is 5.35. The standard InChI is InChI=1S/C18H9Br3N6/c19-13-4-22-16(23-5-13)10-1-11(17-24-6-14(20)7-25-17)3-12(2-10)18-26-8-15(21)9-27-18/h1-9H. The highest BCUT2D eigenvalue weighted by Crippen LogP contribution is 2.29. The molecule has 6 nitrogen and oxygen atoms in total. The second kappa shape index (κ2) is 7.87. The molecule has 1 aromatic carbocycles. The fraction of sp³-hybridized carbons (Fsp3) is 0. The number of hydrogen-bond donors (Lipinski definition) is 0. The summed E-state index contributed by atoms with van der Waals surface area (Å²) >= 11 is 10.1. The quantitative estimate of drug-likeness (QED) is 0.344. The Morgan fingerprint density at radius 3 is 0.852 bits per heavy atom. The minimum Gasteiger partial charge on any atom is -0.235 e. The van der Waals surface area contributed by atoms with Crippen molar-refractivity contribution >= 4 is 47.8 Å². The van der Waals surface area contributed by atoms with Crippen molar-refractivity contribution < 1.29 is 0 Å². The van der Waals surface area contributed by atoms with Gasteiger partial charge in [0.25, 0.3) is 0 Å². The molecule has 132 valence electrons. The summed E-state index contributed by atoms with van der Waals surface area (Å²) in [6.45, 7) is 0. The molecular weight excluding hydrogens is 540 g/mol. The van der Waals surface area contributed by atoms with E-state index in [0.717, 1.165) is 30.1 Å². The number of hydrogen-bond acceptors (Lipinski definition) is 6. The first kappa shape index (κ1) is 18.3. The minimum atomic E-state index is 0.593. The van der Waals surface area contributed by atoms with Gasteiger partial charge in [0.1, 0.15) is 0 Å². The van der Waals surface area contributed by atoms with Crippen LogP contribution in [0, 0.1) is 0 Å². The lowest BCUT2D eigenvalue weighted by atomic mass is 10.0. The molecule has 0 bridgehead atoms. The van der Waals surface area contributed by atoms with Crippen molar-refractivity contribution in [3.63, 3.8) is 0 Å². The summed E-state index contributed by atoms with van der Waals surface area (Å²) < 4.78 is 2.44. The second-order valence-electron chi connectivity index (χ2n) is 5.47. The smallest absolute Gasteiger partial charge is 0.159 e. The highest BCUT2D eigenvalue weighted by molar-refractivity contribution is 9.11. The molecule has 4 rings (SSSR count). The third kappa shape index (κ3) is 4.26. The van der Waals surface area contributed by atoms with Gasteiger partial charge in [-0.2, -0.15) is 0 Å². The van der Waals surface area contributed by atoms with Gasteiger partial charge < -0.3 is 0 Å². The molecule has 0 amide bonds. The van der Waals surface area contributed by atoms with Gasteiger partial charge in [0.2, 0.25) is 0 Å². The van der Waals surface area contributed by atoms with Crippen LogP contribution in [0.5, 0.6) is 0 Å². The zero-order chi connectivity index (χ0) is 18.8. The van der Waals surface area contributed by atoms with Gasteiger partial charge in [0.05, 0.1) is 13.4 Å². The van der Waals surface area contributed by atoms with Gasteiger partial charge in [-0.1, -0.05) is 0 Å². The first-order chi connectivity index (χ1) is 13.1. The molecular formula is C18H9Br3N6. The second-order valence-corrected chi connectivity index (χ2v) is 8.22. The molecule has 3 heterocycles. The van der Waals surface area contributed by atoms with E-state index >= 15 is 0 Å². The highest BCUT2D eigenvalue weighted by Gasteiger charge is 2.12. The van der Waals surface area contributed by atoms with E-state index < -0.39 is 0 Å². The molecule has 0 spiro atoms. The number of aromatic nitrogens is 6. The van der Waals surface area contributed by atoms with E-state index in [1.54, 1.807) is 37.2 Å². The van der Waals surface area contributed by atoms with Crippen LogP contribution in [0.3, 0.4) is 0 Å². The van der Waals surface area contributed by atoms with Gasteiger partial charge >= 0.3 is 0 Å². The largest absolute Gasteiger partial charge is 0.235 e. The van der Waals surface area contributed by atoms with Crippen LogP contribution in [0.15, 0.2) is 68.8 Å². The monoisotopic (exact) mass is 546 g/mol. The van der Waals surface area contributed by atoms with Crippen molar-refractivity contribution in [1.29, 1.82) is 0 Å². The number of halogens is 3. The van der Waals surface area contributed by atoms with Crippen molar-refractivity contribution in [2.24, 2.45) is 0 Å². The summed E-state index contributed by atoms with van der Waals surface area (Å²) in [5.74, 6) is 1.78. The van der Waals surface area contributed by atoms with E-state index in [4.69, 9.17) is 0 Å². The molecule has 4 aromatic rings. The maximum absolute atomic E-state index is 4.39. The summed E-state index contributed by atoms with van der Waals surface area (Å²) in [7, 11) is 0. The van der Waals surface area contributed by atoms with Crippen molar-refractivity contribution in [2.75, 3.05) is 0 Å². The average Bonchev–Trinajstić information content (AvgIpc) is 2.69. The Balaban J connectivity index is 1.89. The van der Waals surface area contributed by atoms with Crippen LogP contribution >= 0.6 is 47.8 Å².